The first-order chi connectivity index (χ1) is 6.77. The monoisotopic (exact) mass is 198 g/mol. The highest BCUT2D eigenvalue weighted by molar-refractivity contribution is 7.20. The first-order valence-electron chi connectivity index (χ1n) is 4.10. The van der Waals surface area contributed by atoms with Gasteiger partial charge in [0.05, 0.1) is 10.3 Å². The average molecular weight is 198 g/mol. The lowest BCUT2D eigenvalue weighted by molar-refractivity contribution is 1.48. The molecular weight excluding hydrogens is 192 g/mol. The Morgan fingerprint density at radius 2 is 2.00 bits per heavy atom. The second-order valence-electron chi connectivity index (χ2n) is 2.96. The zero-order chi connectivity index (χ0) is 10.1. The quantitative estimate of drug-likeness (QED) is 0.653. The molecule has 2 rings (SSSR count). The van der Waals surface area contributed by atoms with Crippen LogP contribution in [0.15, 0.2) is 18.2 Å². The molecule has 0 aliphatic rings. The smallest absolute Gasteiger partial charge is 0.110 e. The number of benzene rings is 1. The van der Waals surface area contributed by atoms with Gasteiger partial charge in [0.15, 0.2) is 0 Å². The second-order valence-corrected chi connectivity index (χ2v) is 3.98. The van der Waals surface area contributed by atoms with Crippen LogP contribution in [0, 0.1) is 29.6 Å². The molecule has 0 aliphatic carbocycles. The Labute approximate surface area is 85.6 Å². The summed E-state index contributed by atoms with van der Waals surface area (Å²) in [4.78, 5) is 0.697. The van der Waals surface area contributed by atoms with Gasteiger partial charge in [-0.25, -0.2) is 0 Å². The van der Waals surface area contributed by atoms with Gasteiger partial charge in [-0.05, 0) is 23.9 Å². The van der Waals surface area contributed by atoms with E-state index in [9.17, 15) is 0 Å². The van der Waals surface area contributed by atoms with Gasteiger partial charge in [-0.1, -0.05) is 12.1 Å². The van der Waals surface area contributed by atoms with Gasteiger partial charge in [-0.2, -0.15) is 10.5 Å². The highest BCUT2D eigenvalue weighted by atomic mass is 32.1. The van der Waals surface area contributed by atoms with Crippen LogP contribution in [0.2, 0.25) is 0 Å². The SMILES string of the molecule is Cc1c(C#N)sc2c(C#N)cccc12. The zero-order valence-electron chi connectivity index (χ0n) is 7.53. The van der Waals surface area contributed by atoms with Crippen molar-refractivity contribution in [1.82, 2.24) is 0 Å². The van der Waals surface area contributed by atoms with Crippen LogP contribution in [0.5, 0.6) is 0 Å². The van der Waals surface area contributed by atoms with Crippen molar-refractivity contribution in [2.24, 2.45) is 0 Å². The van der Waals surface area contributed by atoms with Gasteiger partial charge in [-0.15, -0.1) is 11.3 Å². The van der Waals surface area contributed by atoms with E-state index in [1.807, 2.05) is 19.1 Å². The van der Waals surface area contributed by atoms with E-state index in [4.69, 9.17) is 10.5 Å². The summed E-state index contributed by atoms with van der Waals surface area (Å²) >= 11 is 1.39. The molecule has 0 N–H and O–H groups in total. The highest BCUT2D eigenvalue weighted by Gasteiger charge is 2.10. The van der Waals surface area contributed by atoms with Gasteiger partial charge >= 0.3 is 0 Å². The number of rotatable bonds is 0. The molecule has 0 fully saturated rings. The maximum absolute atomic E-state index is 8.88. The predicted molar refractivity (Wildman–Crippen MR) is 56.0 cm³/mol. The van der Waals surface area contributed by atoms with Crippen molar-refractivity contribution in [2.45, 2.75) is 6.92 Å². The van der Waals surface area contributed by atoms with Crippen molar-refractivity contribution in [1.29, 1.82) is 10.5 Å². The molecule has 0 amide bonds. The summed E-state index contributed by atoms with van der Waals surface area (Å²) in [5.41, 5.74) is 1.63. The number of hydrogen-bond donors (Lipinski definition) is 0. The molecule has 14 heavy (non-hydrogen) atoms. The van der Waals surface area contributed by atoms with Crippen molar-refractivity contribution in [3.05, 3.63) is 34.2 Å². The molecule has 1 aromatic heterocycles. The van der Waals surface area contributed by atoms with Crippen LogP contribution < -0.4 is 0 Å². The summed E-state index contributed by atoms with van der Waals surface area (Å²) in [7, 11) is 0. The van der Waals surface area contributed by atoms with Crippen molar-refractivity contribution in [3.8, 4) is 12.1 Å². The topological polar surface area (TPSA) is 47.6 Å². The maximum atomic E-state index is 8.88. The fourth-order valence-electron chi connectivity index (χ4n) is 1.44. The van der Waals surface area contributed by atoms with E-state index < -0.39 is 0 Å². The minimum absolute atomic E-state index is 0.650. The van der Waals surface area contributed by atoms with Crippen molar-refractivity contribution >= 4 is 21.4 Å². The Balaban J connectivity index is 2.94. The minimum Gasteiger partial charge on any atom is -0.192 e. The Morgan fingerprint density at radius 1 is 1.21 bits per heavy atom. The van der Waals surface area contributed by atoms with Crippen LogP contribution in [0.3, 0.4) is 0 Å². The molecular formula is C11H6N2S. The molecule has 0 spiro atoms. The largest absolute Gasteiger partial charge is 0.192 e. The Hall–Kier alpha value is -1.84. The summed E-state index contributed by atoms with van der Waals surface area (Å²) in [5, 5.41) is 18.8. The molecule has 1 aromatic carbocycles. The molecule has 0 aliphatic heterocycles. The third kappa shape index (κ3) is 1.08. The molecule has 0 unspecified atom stereocenters. The van der Waals surface area contributed by atoms with Gasteiger partial charge in [0.2, 0.25) is 0 Å². The minimum atomic E-state index is 0.650. The van der Waals surface area contributed by atoms with Crippen LogP contribution >= 0.6 is 11.3 Å². The molecule has 66 valence electrons. The van der Waals surface area contributed by atoms with Crippen LogP contribution in [0.4, 0.5) is 0 Å². The van der Waals surface area contributed by atoms with Crippen molar-refractivity contribution in [3.63, 3.8) is 0 Å². The first-order valence-corrected chi connectivity index (χ1v) is 4.92. The molecule has 0 saturated heterocycles. The zero-order valence-corrected chi connectivity index (χ0v) is 8.35. The van der Waals surface area contributed by atoms with Crippen LogP contribution in [0.1, 0.15) is 16.0 Å². The summed E-state index contributed by atoms with van der Waals surface area (Å²) in [6.07, 6.45) is 0. The fourth-order valence-corrected chi connectivity index (χ4v) is 2.51. The summed E-state index contributed by atoms with van der Waals surface area (Å²) in [5.74, 6) is 0. The first kappa shape index (κ1) is 8.74. The lowest BCUT2D eigenvalue weighted by atomic mass is 10.1. The molecule has 0 radical (unpaired) electrons. The second kappa shape index (κ2) is 3.14. The highest BCUT2D eigenvalue weighted by Crippen LogP contribution is 2.32. The van der Waals surface area contributed by atoms with Gasteiger partial charge in [0.25, 0.3) is 0 Å². The van der Waals surface area contributed by atoms with Crippen molar-refractivity contribution < 1.29 is 0 Å². The molecule has 2 nitrogen and oxygen atoms in total. The summed E-state index contributed by atoms with van der Waals surface area (Å²) < 4.78 is 0.920. The predicted octanol–water partition coefficient (Wildman–Crippen LogP) is 2.95. The Morgan fingerprint density at radius 3 is 2.64 bits per heavy atom. The van der Waals surface area contributed by atoms with E-state index in [2.05, 4.69) is 12.1 Å². The fraction of sp³-hybridized carbons (Fsp3) is 0.0909. The maximum Gasteiger partial charge on any atom is 0.110 e. The number of hydrogen-bond acceptors (Lipinski definition) is 3. The molecule has 0 atom stereocenters. The van der Waals surface area contributed by atoms with E-state index in [0.29, 0.717) is 10.4 Å². The normalized spacial score (nSPS) is 9.64. The van der Waals surface area contributed by atoms with E-state index in [0.717, 1.165) is 15.6 Å². The van der Waals surface area contributed by atoms with Gasteiger partial charge in [0.1, 0.15) is 17.0 Å². The third-order valence-electron chi connectivity index (χ3n) is 2.19. The van der Waals surface area contributed by atoms with Gasteiger partial charge < -0.3 is 0 Å². The molecule has 3 heteroatoms. The number of nitriles is 2. The Bertz CT molecular complexity index is 582. The van der Waals surface area contributed by atoms with Crippen molar-refractivity contribution in [2.75, 3.05) is 0 Å². The number of nitrogens with zero attached hydrogens (tertiary/aromatic N) is 2. The molecule has 0 saturated carbocycles. The van der Waals surface area contributed by atoms with E-state index in [1.165, 1.54) is 11.3 Å². The van der Waals surface area contributed by atoms with Crippen LogP contribution in [-0.2, 0) is 0 Å². The Kier molecular flexibility index (Phi) is 1.96. The van der Waals surface area contributed by atoms with E-state index in [1.54, 1.807) is 6.07 Å². The molecule has 2 aromatic rings. The standard InChI is InChI=1S/C11H6N2S/c1-7-9-4-2-3-8(5-12)11(9)14-10(7)6-13/h2-4H,1H3. The lowest BCUT2D eigenvalue weighted by Crippen LogP contribution is -1.74. The molecule has 0 bridgehead atoms. The lowest BCUT2D eigenvalue weighted by Gasteiger charge is -1.91. The average Bonchev–Trinajstić information content (AvgIpc) is 2.55. The summed E-state index contributed by atoms with van der Waals surface area (Å²) in [6.45, 7) is 1.92. The molecule has 1 heterocycles. The number of fused-ring (bicyclic) bond motifs is 1. The van der Waals surface area contributed by atoms with Crippen LogP contribution in [0.25, 0.3) is 10.1 Å². The number of aryl methyl sites for hydroxylation is 1. The number of thiophene rings is 1. The summed E-state index contributed by atoms with van der Waals surface area (Å²) in [6, 6.07) is 9.85. The third-order valence-corrected chi connectivity index (χ3v) is 3.43. The van der Waals surface area contributed by atoms with Crippen LogP contribution in [-0.4, -0.2) is 0 Å². The van der Waals surface area contributed by atoms with Gasteiger partial charge in [-0.3, -0.25) is 0 Å². The van der Waals surface area contributed by atoms with Gasteiger partial charge in [0, 0.05) is 0 Å². The van der Waals surface area contributed by atoms with E-state index >= 15 is 0 Å². The van der Waals surface area contributed by atoms with E-state index in [-0.39, 0.29) is 0 Å².